The first-order valence-corrected chi connectivity index (χ1v) is 8.17. The number of aromatic nitrogens is 1. The minimum atomic E-state index is -0.288. The van der Waals surface area contributed by atoms with Gasteiger partial charge < -0.3 is 20.1 Å². The van der Waals surface area contributed by atoms with Crippen LogP contribution in [0.15, 0.2) is 23.0 Å². The molecule has 2 fully saturated rings. The molecule has 0 atom stereocenters. The molecule has 0 bridgehead atoms. The Hall–Kier alpha value is -2.31. The fraction of sp³-hybridized carbons (Fsp3) is 0.562. The zero-order chi connectivity index (χ0) is 16.2. The largest absolute Gasteiger partial charge is 0.348 e. The van der Waals surface area contributed by atoms with Crippen molar-refractivity contribution in [3.63, 3.8) is 0 Å². The first kappa shape index (κ1) is 15.6. The second-order valence-electron chi connectivity index (χ2n) is 6.14. The smallest absolute Gasteiger partial charge is 0.319 e. The topological polar surface area (TPSA) is 85.5 Å². The summed E-state index contributed by atoms with van der Waals surface area (Å²) in [7, 11) is 0. The fourth-order valence-corrected chi connectivity index (χ4v) is 3.17. The van der Waals surface area contributed by atoms with Gasteiger partial charge in [-0.15, -0.1) is 0 Å². The number of nitrogens with zero attached hydrogens (tertiary/aromatic N) is 2. The first-order chi connectivity index (χ1) is 11.1. The van der Waals surface area contributed by atoms with Crippen LogP contribution in [0.3, 0.4) is 0 Å². The molecule has 124 valence electrons. The van der Waals surface area contributed by atoms with E-state index in [2.05, 4.69) is 10.3 Å². The van der Waals surface area contributed by atoms with E-state index < -0.39 is 0 Å². The molecule has 7 nitrogen and oxygen atoms in total. The minimum absolute atomic E-state index is 0.0360. The van der Waals surface area contributed by atoms with E-state index in [1.165, 1.54) is 6.07 Å². The van der Waals surface area contributed by atoms with E-state index in [1.54, 1.807) is 12.1 Å². The number of rotatable bonds is 2. The summed E-state index contributed by atoms with van der Waals surface area (Å²) in [5.74, 6) is -0.271. The maximum absolute atomic E-state index is 12.3. The van der Waals surface area contributed by atoms with Crippen LogP contribution in [-0.4, -0.2) is 58.9 Å². The molecule has 0 saturated carbocycles. The molecule has 23 heavy (non-hydrogen) atoms. The van der Waals surface area contributed by atoms with Crippen LogP contribution >= 0.6 is 0 Å². The van der Waals surface area contributed by atoms with Crippen LogP contribution in [0.2, 0.25) is 0 Å². The predicted molar refractivity (Wildman–Crippen MR) is 85.3 cm³/mol. The minimum Gasteiger partial charge on any atom is -0.348 e. The van der Waals surface area contributed by atoms with Gasteiger partial charge in [0.2, 0.25) is 5.56 Å². The lowest BCUT2D eigenvalue weighted by Gasteiger charge is -2.34. The standard InChI is InChI=1S/C16H22N4O3/c21-14-5-3-4-13(18-14)15(22)17-12-6-10-20(11-7-12)16(23)19-8-1-2-9-19/h3-5,12H,1-2,6-11H2,(H,17,22)(H,18,21). The third kappa shape index (κ3) is 3.72. The molecule has 2 saturated heterocycles. The van der Waals surface area contributed by atoms with Crippen molar-refractivity contribution in [1.29, 1.82) is 0 Å². The molecule has 2 aliphatic heterocycles. The molecular formula is C16H22N4O3. The maximum Gasteiger partial charge on any atom is 0.319 e. The zero-order valence-electron chi connectivity index (χ0n) is 13.1. The second-order valence-corrected chi connectivity index (χ2v) is 6.14. The van der Waals surface area contributed by atoms with Gasteiger partial charge in [-0.3, -0.25) is 9.59 Å². The Balaban J connectivity index is 1.50. The average Bonchev–Trinajstić information content (AvgIpc) is 3.09. The van der Waals surface area contributed by atoms with Crippen molar-refractivity contribution < 1.29 is 9.59 Å². The van der Waals surface area contributed by atoms with Crippen LogP contribution in [0, 0.1) is 0 Å². The van der Waals surface area contributed by atoms with Crippen LogP contribution in [0.25, 0.3) is 0 Å². The summed E-state index contributed by atoms with van der Waals surface area (Å²) in [6.45, 7) is 3.03. The maximum atomic E-state index is 12.3. The molecule has 3 amide bonds. The number of amides is 3. The highest BCUT2D eigenvalue weighted by Crippen LogP contribution is 2.16. The summed E-state index contributed by atoms with van der Waals surface area (Å²) in [6, 6.07) is 4.68. The number of piperidine rings is 1. The molecule has 2 aliphatic rings. The Morgan fingerprint density at radius 2 is 1.70 bits per heavy atom. The Morgan fingerprint density at radius 1 is 1.04 bits per heavy atom. The van der Waals surface area contributed by atoms with Gasteiger partial charge in [0.1, 0.15) is 5.69 Å². The van der Waals surface area contributed by atoms with Crippen molar-refractivity contribution >= 4 is 11.9 Å². The number of H-pyrrole nitrogens is 1. The molecule has 3 heterocycles. The van der Waals surface area contributed by atoms with Crippen molar-refractivity contribution in [3.8, 4) is 0 Å². The molecule has 0 radical (unpaired) electrons. The van der Waals surface area contributed by atoms with Gasteiger partial charge in [0.25, 0.3) is 5.91 Å². The number of pyridine rings is 1. The molecule has 2 N–H and O–H groups in total. The third-order valence-electron chi connectivity index (χ3n) is 4.49. The predicted octanol–water partition coefficient (Wildman–Crippen LogP) is 0.785. The van der Waals surface area contributed by atoms with Crippen LogP contribution in [0.1, 0.15) is 36.2 Å². The van der Waals surface area contributed by atoms with E-state index >= 15 is 0 Å². The highest BCUT2D eigenvalue weighted by atomic mass is 16.2. The Bertz CT molecular complexity index is 628. The van der Waals surface area contributed by atoms with Gasteiger partial charge in [-0.1, -0.05) is 6.07 Å². The van der Waals surface area contributed by atoms with E-state index in [0.29, 0.717) is 13.1 Å². The zero-order valence-corrected chi connectivity index (χ0v) is 13.1. The Morgan fingerprint density at radius 3 is 2.35 bits per heavy atom. The molecular weight excluding hydrogens is 296 g/mol. The van der Waals surface area contributed by atoms with Gasteiger partial charge in [-0.05, 0) is 31.7 Å². The number of carbonyl (C=O) groups is 2. The van der Waals surface area contributed by atoms with E-state index in [-0.39, 0.29) is 29.2 Å². The van der Waals surface area contributed by atoms with Gasteiger partial charge in [-0.2, -0.15) is 0 Å². The lowest BCUT2D eigenvalue weighted by Crippen LogP contribution is -2.50. The highest BCUT2D eigenvalue weighted by molar-refractivity contribution is 5.92. The molecule has 7 heteroatoms. The van der Waals surface area contributed by atoms with Gasteiger partial charge in [0, 0.05) is 38.3 Å². The van der Waals surface area contributed by atoms with Crippen LogP contribution < -0.4 is 10.9 Å². The van der Waals surface area contributed by atoms with Crippen molar-refractivity contribution in [1.82, 2.24) is 20.1 Å². The number of nitrogens with one attached hydrogen (secondary N) is 2. The number of hydrogen-bond acceptors (Lipinski definition) is 3. The van der Waals surface area contributed by atoms with Crippen molar-refractivity contribution in [3.05, 3.63) is 34.2 Å². The molecule has 0 aliphatic carbocycles. The summed E-state index contributed by atoms with van der Waals surface area (Å²) in [4.78, 5) is 42.0. The molecule has 3 rings (SSSR count). The van der Waals surface area contributed by atoms with Gasteiger partial charge in [0.05, 0.1) is 0 Å². The van der Waals surface area contributed by atoms with Crippen LogP contribution in [0.5, 0.6) is 0 Å². The molecule has 0 aromatic carbocycles. The summed E-state index contributed by atoms with van der Waals surface area (Å²) < 4.78 is 0. The summed E-state index contributed by atoms with van der Waals surface area (Å²) in [5.41, 5.74) is -0.0169. The Labute approximate surface area is 134 Å². The molecule has 0 spiro atoms. The van der Waals surface area contributed by atoms with Crippen LogP contribution in [-0.2, 0) is 0 Å². The van der Waals surface area contributed by atoms with Gasteiger partial charge in [0.15, 0.2) is 0 Å². The number of likely N-dealkylation sites (tertiary alicyclic amines) is 2. The molecule has 1 aromatic heterocycles. The van der Waals surface area contributed by atoms with Crippen molar-refractivity contribution in [2.24, 2.45) is 0 Å². The van der Waals surface area contributed by atoms with E-state index in [1.807, 2.05) is 9.80 Å². The first-order valence-electron chi connectivity index (χ1n) is 8.17. The number of urea groups is 1. The second kappa shape index (κ2) is 6.85. The normalized spacial score (nSPS) is 19.0. The number of hydrogen-bond donors (Lipinski definition) is 2. The lowest BCUT2D eigenvalue weighted by molar-refractivity contribution is 0.0907. The van der Waals surface area contributed by atoms with Gasteiger partial charge in [-0.25, -0.2) is 4.79 Å². The third-order valence-corrected chi connectivity index (χ3v) is 4.49. The van der Waals surface area contributed by atoms with E-state index in [4.69, 9.17) is 0 Å². The SMILES string of the molecule is O=C(NC1CCN(C(=O)N2CCCC2)CC1)c1cccc(=O)[nH]1. The van der Waals surface area contributed by atoms with E-state index in [0.717, 1.165) is 38.8 Å². The van der Waals surface area contributed by atoms with Crippen molar-refractivity contribution in [2.75, 3.05) is 26.2 Å². The molecule has 1 aromatic rings. The van der Waals surface area contributed by atoms with E-state index in [9.17, 15) is 14.4 Å². The van der Waals surface area contributed by atoms with Crippen LogP contribution in [0.4, 0.5) is 4.79 Å². The highest BCUT2D eigenvalue weighted by Gasteiger charge is 2.28. The lowest BCUT2D eigenvalue weighted by atomic mass is 10.1. The summed E-state index contributed by atoms with van der Waals surface area (Å²) in [6.07, 6.45) is 3.66. The quantitative estimate of drug-likeness (QED) is 0.845. The number of aromatic amines is 1. The van der Waals surface area contributed by atoms with Crippen molar-refractivity contribution in [2.45, 2.75) is 31.7 Å². The molecule has 0 unspecified atom stereocenters. The monoisotopic (exact) mass is 318 g/mol. The average molecular weight is 318 g/mol. The number of carbonyl (C=O) groups excluding carboxylic acids is 2. The Kier molecular flexibility index (Phi) is 4.64. The fourth-order valence-electron chi connectivity index (χ4n) is 3.17. The summed E-state index contributed by atoms with van der Waals surface area (Å²) in [5, 5.41) is 2.93. The van der Waals surface area contributed by atoms with Gasteiger partial charge >= 0.3 is 6.03 Å². The summed E-state index contributed by atoms with van der Waals surface area (Å²) >= 11 is 0.